The molecule has 1 saturated heterocycles. The monoisotopic (exact) mass is 441 g/mol. The lowest BCUT2D eigenvalue weighted by molar-refractivity contribution is -0.139. The van der Waals surface area contributed by atoms with Gasteiger partial charge in [0.05, 0.1) is 12.1 Å². The standard InChI is InChI=1S/C24H35N5O3/c1-16(2)9-10-21(30)29-13-11-28(12-14-29)15-20-25-19-8-6-5-7-18(19)23(26-20)27-22(17(3)4)24(31)32/h5-8,16-17,22H,9-15H2,1-4H3,(H,31,32)(H,25,26,27)/t22-/m0/s1. The molecule has 0 radical (unpaired) electrons. The highest BCUT2D eigenvalue weighted by molar-refractivity contribution is 5.91. The molecule has 8 nitrogen and oxygen atoms in total. The molecule has 174 valence electrons. The first-order valence-electron chi connectivity index (χ1n) is 11.5. The summed E-state index contributed by atoms with van der Waals surface area (Å²) in [5.74, 6) is 0.978. The van der Waals surface area contributed by atoms with Gasteiger partial charge in [-0.2, -0.15) is 0 Å². The van der Waals surface area contributed by atoms with Gasteiger partial charge in [0.15, 0.2) is 0 Å². The van der Waals surface area contributed by atoms with Crippen molar-refractivity contribution < 1.29 is 14.7 Å². The average molecular weight is 442 g/mol. The molecule has 8 heteroatoms. The number of amides is 1. The molecule has 2 aromatic rings. The van der Waals surface area contributed by atoms with Gasteiger partial charge in [-0.05, 0) is 30.4 Å². The van der Waals surface area contributed by atoms with E-state index < -0.39 is 12.0 Å². The highest BCUT2D eigenvalue weighted by Crippen LogP contribution is 2.23. The third kappa shape index (κ3) is 6.16. The Balaban J connectivity index is 1.70. The number of carboxylic acids is 1. The van der Waals surface area contributed by atoms with E-state index in [0.717, 1.165) is 30.4 Å². The summed E-state index contributed by atoms with van der Waals surface area (Å²) in [6, 6.07) is 6.91. The number of fused-ring (bicyclic) bond motifs is 1. The zero-order valence-electron chi connectivity index (χ0n) is 19.5. The summed E-state index contributed by atoms with van der Waals surface area (Å²) < 4.78 is 0. The van der Waals surface area contributed by atoms with Crippen LogP contribution in [0.1, 0.15) is 46.4 Å². The van der Waals surface area contributed by atoms with Gasteiger partial charge in [0.2, 0.25) is 5.91 Å². The average Bonchev–Trinajstić information content (AvgIpc) is 2.75. The van der Waals surface area contributed by atoms with Crippen molar-refractivity contribution in [3.05, 3.63) is 30.1 Å². The zero-order valence-corrected chi connectivity index (χ0v) is 19.5. The minimum absolute atomic E-state index is 0.0917. The molecule has 1 atom stereocenters. The quantitative estimate of drug-likeness (QED) is 0.616. The van der Waals surface area contributed by atoms with E-state index >= 15 is 0 Å². The van der Waals surface area contributed by atoms with Gasteiger partial charge in [0.25, 0.3) is 0 Å². The number of nitrogens with one attached hydrogen (secondary N) is 1. The maximum atomic E-state index is 12.4. The Kier molecular flexibility index (Phi) is 8.01. The summed E-state index contributed by atoms with van der Waals surface area (Å²) in [5.41, 5.74) is 0.787. The van der Waals surface area contributed by atoms with E-state index in [9.17, 15) is 14.7 Å². The number of benzene rings is 1. The highest BCUT2D eigenvalue weighted by Gasteiger charge is 2.24. The Morgan fingerprint density at radius 2 is 1.75 bits per heavy atom. The van der Waals surface area contributed by atoms with Gasteiger partial charge in [-0.3, -0.25) is 9.69 Å². The molecule has 1 fully saturated rings. The molecule has 1 aromatic carbocycles. The summed E-state index contributed by atoms with van der Waals surface area (Å²) in [7, 11) is 0. The molecule has 1 amide bonds. The van der Waals surface area contributed by atoms with Crippen LogP contribution in [0.3, 0.4) is 0 Å². The number of rotatable bonds is 9. The first kappa shape index (κ1) is 23.9. The van der Waals surface area contributed by atoms with Crippen molar-refractivity contribution in [2.24, 2.45) is 11.8 Å². The number of aromatic nitrogens is 2. The van der Waals surface area contributed by atoms with Crippen molar-refractivity contribution in [1.82, 2.24) is 19.8 Å². The number of hydrogen-bond donors (Lipinski definition) is 2. The van der Waals surface area contributed by atoms with Gasteiger partial charge < -0.3 is 15.3 Å². The number of carbonyl (C=O) groups excluding carboxylic acids is 1. The lowest BCUT2D eigenvalue weighted by Crippen LogP contribution is -2.48. The Morgan fingerprint density at radius 3 is 2.38 bits per heavy atom. The van der Waals surface area contributed by atoms with Gasteiger partial charge in [0.1, 0.15) is 17.7 Å². The van der Waals surface area contributed by atoms with E-state index in [-0.39, 0.29) is 11.8 Å². The zero-order chi connectivity index (χ0) is 23.3. The smallest absolute Gasteiger partial charge is 0.326 e. The molecular formula is C24H35N5O3. The molecule has 0 spiro atoms. The second kappa shape index (κ2) is 10.7. The Labute approximate surface area is 190 Å². The van der Waals surface area contributed by atoms with E-state index in [2.05, 4.69) is 24.1 Å². The fraction of sp³-hybridized carbons (Fsp3) is 0.583. The number of nitrogens with zero attached hydrogens (tertiary/aromatic N) is 4. The number of anilines is 1. The summed E-state index contributed by atoms with van der Waals surface area (Å²) >= 11 is 0. The molecular weight excluding hydrogens is 406 g/mol. The van der Waals surface area contributed by atoms with E-state index in [0.29, 0.717) is 43.6 Å². The molecule has 1 aliphatic heterocycles. The summed E-state index contributed by atoms with van der Waals surface area (Å²) in [5, 5.41) is 13.5. The second-order valence-corrected chi connectivity index (χ2v) is 9.30. The predicted molar refractivity (Wildman–Crippen MR) is 125 cm³/mol. The summed E-state index contributed by atoms with van der Waals surface area (Å²) in [6.45, 7) is 11.6. The number of carbonyl (C=O) groups is 2. The van der Waals surface area contributed by atoms with Gasteiger partial charge in [-0.15, -0.1) is 0 Å². The molecule has 0 unspecified atom stereocenters. The predicted octanol–water partition coefficient (Wildman–Crippen LogP) is 3.23. The van der Waals surface area contributed by atoms with Gasteiger partial charge in [-0.25, -0.2) is 14.8 Å². The van der Waals surface area contributed by atoms with Crippen LogP contribution in [0, 0.1) is 11.8 Å². The largest absolute Gasteiger partial charge is 0.480 e. The Hall–Kier alpha value is -2.74. The van der Waals surface area contributed by atoms with Crippen LogP contribution in [-0.4, -0.2) is 69.0 Å². The maximum absolute atomic E-state index is 12.4. The van der Waals surface area contributed by atoms with Crippen LogP contribution in [0.15, 0.2) is 24.3 Å². The molecule has 2 heterocycles. The summed E-state index contributed by atoms with van der Waals surface area (Å²) in [4.78, 5) is 37.7. The maximum Gasteiger partial charge on any atom is 0.326 e. The van der Waals surface area contributed by atoms with Gasteiger partial charge in [0, 0.05) is 38.0 Å². The topological polar surface area (TPSA) is 98.7 Å². The van der Waals surface area contributed by atoms with Crippen molar-refractivity contribution in [3.63, 3.8) is 0 Å². The van der Waals surface area contributed by atoms with Crippen LogP contribution in [0.5, 0.6) is 0 Å². The van der Waals surface area contributed by atoms with Crippen LogP contribution < -0.4 is 5.32 Å². The van der Waals surface area contributed by atoms with Gasteiger partial charge in [-0.1, -0.05) is 39.8 Å². The first-order chi connectivity index (χ1) is 15.2. The first-order valence-corrected chi connectivity index (χ1v) is 11.5. The van der Waals surface area contributed by atoms with E-state index in [4.69, 9.17) is 9.97 Å². The molecule has 0 bridgehead atoms. The molecule has 1 aromatic heterocycles. The van der Waals surface area contributed by atoms with Crippen LogP contribution in [0.2, 0.25) is 0 Å². The highest BCUT2D eigenvalue weighted by atomic mass is 16.4. The van der Waals surface area contributed by atoms with E-state index in [1.807, 2.05) is 43.0 Å². The van der Waals surface area contributed by atoms with Crippen molar-refractivity contribution in [3.8, 4) is 0 Å². The number of hydrogen-bond acceptors (Lipinski definition) is 6. The number of carboxylic acid groups (broad SMARTS) is 1. The lowest BCUT2D eigenvalue weighted by Gasteiger charge is -2.34. The normalized spacial score (nSPS) is 16.0. The van der Waals surface area contributed by atoms with Crippen LogP contribution in [0.4, 0.5) is 5.82 Å². The SMILES string of the molecule is CC(C)CCC(=O)N1CCN(Cc2nc(N[C@H](C(=O)O)C(C)C)c3ccccc3n2)CC1. The van der Waals surface area contributed by atoms with Crippen molar-refractivity contribution in [2.75, 3.05) is 31.5 Å². The third-order valence-electron chi connectivity index (χ3n) is 5.90. The second-order valence-electron chi connectivity index (χ2n) is 9.30. The summed E-state index contributed by atoms with van der Waals surface area (Å²) in [6.07, 6.45) is 1.54. The Morgan fingerprint density at radius 1 is 1.06 bits per heavy atom. The third-order valence-corrected chi connectivity index (χ3v) is 5.90. The number of para-hydroxylation sites is 1. The number of piperazine rings is 1. The molecule has 3 rings (SSSR count). The lowest BCUT2D eigenvalue weighted by atomic mass is 10.0. The minimum Gasteiger partial charge on any atom is -0.480 e. The number of aliphatic carboxylic acids is 1. The molecule has 0 saturated carbocycles. The van der Waals surface area contributed by atoms with Crippen LogP contribution in [0.25, 0.3) is 10.9 Å². The van der Waals surface area contributed by atoms with Gasteiger partial charge >= 0.3 is 5.97 Å². The minimum atomic E-state index is -0.900. The van der Waals surface area contributed by atoms with Crippen LogP contribution >= 0.6 is 0 Å². The van der Waals surface area contributed by atoms with E-state index in [1.165, 1.54) is 0 Å². The fourth-order valence-corrected chi connectivity index (χ4v) is 3.89. The molecule has 2 N–H and O–H groups in total. The molecule has 1 aliphatic rings. The molecule has 0 aliphatic carbocycles. The van der Waals surface area contributed by atoms with Crippen LogP contribution in [-0.2, 0) is 16.1 Å². The van der Waals surface area contributed by atoms with E-state index in [1.54, 1.807) is 0 Å². The van der Waals surface area contributed by atoms with Crippen molar-refractivity contribution in [1.29, 1.82) is 0 Å². The van der Waals surface area contributed by atoms with Crippen molar-refractivity contribution >= 4 is 28.6 Å². The fourth-order valence-electron chi connectivity index (χ4n) is 3.89. The van der Waals surface area contributed by atoms with Crippen molar-refractivity contribution in [2.45, 2.75) is 53.1 Å². The Bertz CT molecular complexity index is 938. The molecule has 32 heavy (non-hydrogen) atoms.